The lowest BCUT2D eigenvalue weighted by Gasteiger charge is -2.35. The summed E-state index contributed by atoms with van der Waals surface area (Å²) in [7, 11) is 0. The van der Waals surface area contributed by atoms with Crippen molar-refractivity contribution in [3.63, 3.8) is 0 Å². The number of benzene rings is 1. The zero-order valence-electron chi connectivity index (χ0n) is 26.4. The minimum Gasteiger partial charge on any atom is -0.508 e. The van der Waals surface area contributed by atoms with Crippen LogP contribution in [0.4, 0.5) is 4.79 Å². The molecule has 0 radical (unpaired) electrons. The van der Waals surface area contributed by atoms with Gasteiger partial charge < -0.3 is 30.1 Å². The number of aryl methyl sites for hydroxylation is 1. The highest BCUT2D eigenvalue weighted by molar-refractivity contribution is 7.98. The van der Waals surface area contributed by atoms with E-state index in [0.29, 0.717) is 29.7 Å². The second-order valence-electron chi connectivity index (χ2n) is 11.2. The number of nitrogens with zero attached hydrogens (tertiary/aromatic N) is 1. The van der Waals surface area contributed by atoms with Crippen LogP contribution in [0, 0.1) is 6.92 Å². The van der Waals surface area contributed by atoms with Crippen molar-refractivity contribution >= 4 is 35.6 Å². The van der Waals surface area contributed by atoms with Crippen molar-refractivity contribution in [1.82, 2.24) is 15.5 Å². The second-order valence-corrected chi connectivity index (χ2v) is 12.2. The van der Waals surface area contributed by atoms with Gasteiger partial charge in [-0.3, -0.25) is 14.4 Å². The zero-order valence-corrected chi connectivity index (χ0v) is 27.2. The number of hydrogen-bond donors (Lipinski definition) is 3. The molecule has 0 aliphatic heterocycles. The number of thioether (sulfide) groups is 1. The molecule has 1 rings (SSSR count). The summed E-state index contributed by atoms with van der Waals surface area (Å²) in [6.07, 6.45) is 6.21. The van der Waals surface area contributed by atoms with Crippen LogP contribution >= 0.6 is 11.8 Å². The third-order valence-electron chi connectivity index (χ3n) is 6.42. The van der Waals surface area contributed by atoms with E-state index in [-0.39, 0.29) is 31.9 Å². The summed E-state index contributed by atoms with van der Waals surface area (Å²) in [6.45, 7) is 11.4. The SMILES string of the molecule is CCCCCCCN(C(=O)C(CCSC)NC(=O)OC(C)(C)C)C(C(=O)NCCC(=O)OCC)c1ccc(O)c(C)c1. The van der Waals surface area contributed by atoms with Gasteiger partial charge in [-0.2, -0.15) is 11.8 Å². The highest BCUT2D eigenvalue weighted by Gasteiger charge is 2.36. The first-order chi connectivity index (χ1) is 19.8. The van der Waals surface area contributed by atoms with Crippen molar-refractivity contribution in [2.75, 3.05) is 31.7 Å². The molecular formula is C31H51N3O7S. The molecule has 3 N–H and O–H groups in total. The van der Waals surface area contributed by atoms with Gasteiger partial charge in [-0.15, -0.1) is 0 Å². The van der Waals surface area contributed by atoms with Gasteiger partial charge in [-0.1, -0.05) is 38.7 Å². The minimum absolute atomic E-state index is 0.0115. The van der Waals surface area contributed by atoms with E-state index < -0.39 is 41.6 Å². The maximum absolute atomic E-state index is 14.3. The van der Waals surface area contributed by atoms with E-state index in [1.807, 2.05) is 6.26 Å². The number of unbranched alkanes of at least 4 members (excludes halogenated alkanes) is 4. The normalized spacial score (nSPS) is 12.6. The smallest absolute Gasteiger partial charge is 0.408 e. The first-order valence-electron chi connectivity index (χ1n) is 14.9. The van der Waals surface area contributed by atoms with E-state index in [9.17, 15) is 24.3 Å². The van der Waals surface area contributed by atoms with Crippen LogP contribution in [-0.2, 0) is 23.9 Å². The fourth-order valence-corrected chi connectivity index (χ4v) is 4.81. The number of phenolic OH excluding ortho intramolecular Hbond substituents is 1. The topological polar surface area (TPSA) is 134 Å². The monoisotopic (exact) mass is 609 g/mol. The molecule has 10 nitrogen and oxygen atoms in total. The molecule has 0 aliphatic carbocycles. The van der Waals surface area contributed by atoms with E-state index in [1.54, 1.807) is 58.5 Å². The Morgan fingerprint density at radius 3 is 2.36 bits per heavy atom. The molecule has 0 saturated heterocycles. The Morgan fingerprint density at radius 2 is 1.76 bits per heavy atom. The third kappa shape index (κ3) is 13.8. The van der Waals surface area contributed by atoms with Gasteiger partial charge in [-0.25, -0.2) is 4.79 Å². The summed E-state index contributed by atoms with van der Waals surface area (Å²) in [6, 6.07) is 2.82. The summed E-state index contributed by atoms with van der Waals surface area (Å²) >= 11 is 1.54. The first-order valence-corrected chi connectivity index (χ1v) is 16.3. The number of hydrogen-bond acceptors (Lipinski definition) is 8. The van der Waals surface area contributed by atoms with Crippen LogP contribution in [0.2, 0.25) is 0 Å². The van der Waals surface area contributed by atoms with Crippen LogP contribution in [0.5, 0.6) is 5.75 Å². The molecule has 42 heavy (non-hydrogen) atoms. The van der Waals surface area contributed by atoms with Gasteiger partial charge in [0.2, 0.25) is 11.8 Å². The number of phenols is 1. The van der Waals surface area contributed by atoms with Crippen molar-refractivity contribution in [2.24, 2.45) is 0 Å². The number of esters is 1. The third-order valence-corrected chi connectivity index (χ3v) is 7.06. The molecule has 2 unspecified atom stereocenters. The van der Waals surface area contributed by atoms with Crippen LogP contribution in [-0.4, -0.2) is 77.2 Å². The Kier molecular flexibility index (Phi) is 17.0. The number of aromatic hydroxyl groups is 1. The molecule has 1 aromatic carbocycles. The number of rotatable bonds is 18. The Bertz CT molecular complexity index is 1010. The van der Waals surface area contributed by atoms with Gasteiger partial charge in [0.05, 0.1) is 13.0 Å². The van der Waals surface area contributed by atoms with E-state index in [0.717, 1.165) is 25.7 Å². The average Bonchev–Trinajstić information content (AvgIpc) is 2.90. The van der Waals surface area contributed by atoms with Gasteiger partial charge in [0.25, 0.3) is 0 Å². The molecular weight excluding hydrogens is 558 g/mol. The van der Waals surface area contributed by atoms with Crippen LogP contribution in [0.15, 0.2) is 18.2 Å². The Hall–Kier alpha value is -2.95. The number of nitrogens with one attached hydrogen (secondary N) is 2. The highest BCUT2D eigenvalue weighted by Crippen LogP contribution is 2.28. The summed E-state index contributed by atoms with van der Waals surface area (Å²) < 4.78 is 10.4. The summed E-state index contributed by atoms with van der Waals surface area (Å²) in [5, 5.41) is 15.7. The Labute approximate surface area is 255 Å². The lowest BCUT2D eigenvalue weighted by molar-refractivity contribution is -0.144. The van der Waals surface area contributed by atoms with E-state index >= 15 is 0 Å². The average molecular weight is 610 g/mol. The fourth-order valence-electron chi connectivity index (χ4n) is 4.33. The molecule has 11 heteroatoms. The molecule has 0 saturated carbocycles. The van der Waals surface area contributed by atoms with E-state index in [1.165, 1.54) is 11.0 Å². The minimum atomic E-state index is -1.05. The van der Waals surface area contributed by atoms with Gasteiger partial charge in [0.1, 0.15) is 23.4 Å². The molecule has 0 bridgehead atoms. The van der Waals surface area contributed by atoms with Crippen molar-refractivity contribution in [3.8, 4) is 5.75 Å². The summed E-state index contributed by atoms with van der Waals surface area (Å²) in [5.74, 6) is -0.626. The van der Waals surface area contributed by atoms with Crippen molar-refractivity contribution in [3.05, 3.63) is 29.3 Å². The number of carbonyl (C=O) groups is 4. The van der Waals surface area contributed by atoms with E-state index in [2.05, 4.69) is 17.6 Å². The predicted molar refractivity (Wildman–Crippen MR) is 166 cm³/mol. The van der Waals surface area contributed by atoms with E-state index in [4.69, 9.17) is 9.47 Å². The maximum atomic E-state index is 14.3. The first kappa shape index (κ1) is 37.1. The van der Waals surface area contributed by atoms with Crippen LogP contribution in [0.3, 0.4) is 0 Å². The highest BCUT2D eigenvalue weighted by atomic mass is 32.2. The van der Waals surface area contributed by atoms with Crippen molar-refractivity contribution < 1.29 is 33.8 Å². The molecule has 238 valence electrons. The largest absolute Gasteiger partial charge is 0.508 e. The van der Waals surface area contributed by atoms with Crippen LogP contribution in [0.25, 0.3) is 0 Å². The second kappa shape index (κ2) is 19.3. The molecule has 3 amide bonds. The molecule has 0 fully saturated rings. The lowest BCUT2D eigenvalue weighted by atomic mass is 9.99. The Morgan fingerprint density at radius 1 is 1.07 bits per heavy atom. The standard InChI is InChI=1S/C31H51N3O7S/c1-8-10-11-12-13-19-34(29(38)24(17-20-42-7)33-30(39)41-31(4,5)6)27(23-14-15-25(35)22(3)21-23)28(37)32-18-16-26(36)40-9-2/h14-15,21,24,27,35H,8-13,16-20H2,1-7H3,(H,32,37)(H,33,39). The maximum Gasteiger partial charge on any atom is 0.408 e. The fraction of sp³-hybridized carbons (Fsp3) is 0.677. The van der Waals surface area contributed by atoms with Gasteiger partial charge in [0, 0.05) is 13.1 Å². The molecule has 0 aromatic heterocycles. The summed E-state index contributed by atoms with van der Waals surface area (Å²) in [4.78, 5) is 54.2. The predicted octanol–water partition coefficient (Wildman–Crippen LogP) is 5.26. The van der Waals surface area contributed by atoms with Crippen LogP contribution in [0.1, 0.15) is 96.7 Å². The van der Waals surface area contributed by atoms with Gasteiger partial charge in [-0.05, 0) is 82.7 Å². The molecule has 2 atom stereocenters. The molecule has 0 aliphatic rings. The Balaban J connectivity index is 3.47. The van der Waals surface area contributed by atoms with Crippen LogP contribution < -0.4 is 10.6 Å². The number of carbonyl (C=O) groups excluding carboxylic acids is 4. The summed E-state index contributed by atoms with van der Waals surface area (Å²) in [5.41, 5.74) is 0.320. The quantitative estimate of drug-likeness (QED) is 0.152. The molecule has 0 heterocycles. The number of ether oxygens (including phenoxy) is 2. The molecule has 1 aromatic rings. The number of amides is 3. The zero-order chi connectivity index (χ0) is 31.7. The van der Waals surface area contributed by atoms with Crippen molar-refractivity contribution in [1.29, 1.82) is 0 Å². The van der Waals surface area contributed by atoms with Crippen molar-refractivity contribution in [2.45, 2.75) is 104 Å². The van der Waals surface area contributed by atoms with Gasteiger partial charge >= 0.3 is 12.1 Å². The number of alkyl carbamates (subject to hydrolysis) is 1. The molecule has 0 spiro atoms. The van der Waals surface area contributed by atoms with Gasteiger partial charge in [0.15, 0.2) is 0 Å². The lowest BCUT2D eigenvalue weighted by Crippen LogP contribution is -2.53.